The van der Waals surface area contributed by atoms with Crippen LogP contribution in [0.2, 0.25) is 0 Å². The number of amides is 3. The minimum atomic E-state index is -0.467. The van der Waals surface area contributed by atoms with Gasteiger partial charge in [-0.2, -0.15) is 0 Å². The second-order valence-corrected chi connectivity index (χ2v) is 7.58. The van der Waals surface area contributed by atoms with Crippen molar-refractivity contribution in [1.29, 1.82) is 0 Å². The highest BCUT2D eigenvalue weighted by Crippen LogP contribution is 2.35. The van der Waals surface area contributed by atoms with E-state index in [1.165, 1.54) is 6.08 Å². The van der Waals surface area contributed by atoms with Crippen molar-refractivity contribution >= 4 is 33.9 Å². The molecule has 1 aliphatic heterocycles. The molecule has 0 radical (unpaired) electrons. The van der Waals surface area contributed by atoms with Gasteiger partial charge in [0.15, 0.2) is 11.5 Å². The summed E-state index contributed by atoms with van der Waals surface area (Å²) in [5.41, 5.74) is 3.10. The van der Waals surface area contributed by atoms with Gasteiger partial charge in [-0.3, -0.25) is 9.69 Å². The first-order chi connectivity index (χ1) is 14.4. The van der Waals surface area contributed by atoms with E-state index in [1.54, 1.807) is 18.2 Å². The van der Waals surface area contributed by atoms with Gasteiger partial charge in [0, 0.05) is 11.0 Å². The number of ether oxygens (including phenoxy) is 2. The molecule has 156 valence electrons. The molecule has 0 saturated carbocycles. The molecule has 3 amide bonds. The Kier molecular flexibility index (Phi) is 6.95. The smallest absolute Gasteiger partial charge is 0.329 e. The largest absolute Gasteiger partial charge is 0.490 e. The van der Waals surface area contributed by atoms with Crippen LogP contribution >= 0.6 is 15.9 Å². The van der Waals surface area contributed by atoms with E-state index in [-0.39, 0.29) is 12.2 Å². The highest BCUT2D eigenvalue weighted by Gasteiger charge is 2.32. The molecule has 1 fully saturated rings. The zero-order valence-corrected chi connectivity index (χ0v) is 18.5. The maximum atomic E-state index is 12.4. The third-order valence-corrected chi connectivity index (χ3v) is 5.10. The van der Waals surface area contributed by atoms with Gasteiger partial charge in [0.2, 0.25) is 0 Å². The fourth-order valence-electron chi connectivity index (χ4n) is 3.03. The van der Waals surface area contributed by atoms with E-state index in [0.717, 1.165) is 16.0 Å². The fourth-order valence-corrected chi connectivity index (χ4v) is 3.46. The number of rotatable bonds is 8. The van der Waals surface area contributed by atoms with Gasteiger partial charge in [-0.25, -0.2) is 4.79 Å². The maximum Gasteiger partial charge on any atom is 0.329 e. The Morgan fingerprint density at radius 1 is 1.17 bits per heavy atom. The molecular weight excluding hydrogens is 448 g/mol. The molecule has 3 rings (SSSR count). The lowest BCUT2D eigenvalue weighted by Crippen LogP contribution is -2.30. The van der Waals surface area contributed by atoms with Crippen molar-refractivity contribution in [3.63, 3.8) is 0 Å². The summed E-state index contributed by atoms with van der Waals surface area (Å²) in [7, 11) is 0. The Hall–Kier alpha value is -3.06. The summed E-state index contributed by atoms with van der Waals surface area (Å²) in [4.78, 5) is 25.5. The SMILES string of the molecule is C=CCN1C(=O)N/C(=C/c2cc(OCC)c(OCc3cccc(C)c3)cc2Br)C1=O. The highest BCUT2D eigenvalue weighted by molar-refractivity contribution is 9.10. The van der Waals surface area contributed by atoms with Gasteiger partial charge in [0.25, 0.3) is 5.91 Å². The van der Waals surface area contributed by atoms with Crippen LogP contribution in [0, 0.1) is 6.92 Å². The van der Waals surface area contributed by atoms with Gasteiger partial charge < -0.3 is 14.8 Å². The van der Waals surface area contributed by atoms with Crippen LogP contribution in [0.25, 0.3) is 6.08 Å². The maximum absolute atomic E-state index is 12.4. The van der Waals surface area contributed by atoms with Gasteiger partial charge in [-0.05, 0) is 43.2 Å². The number of hydrogen-bond donors (Lipinski definition) is 1. The summed E-state index contributed by atoms with van der Waals surface area (Å²) in [5.74, 6) is 0.743. The van der Waals surface area contributed by atoms with E-state index in [4.69, 9.17) is 9.47 Å². The number of hydrogen-bond acceptors (Lipinski definition) is 4. The Balaban J connectivity index is 1.86. The molecule has 0 bridgehead atoms. The molecule has 2 aromatic carbocycles. The molecule has 0 aliphatic carbocycles. The molecule has 7 heteroatoms. The molecule has 30 heavy (non-hydrogen) atoms. The number of nitrogens with zero attached hydrogens (tertiary/aromatic N) is 1. The number of aryl methyl sites for hydroxylation is 1. The average Bonchev–Trinajstić information content (AvgIpc) is 2.97. The Morgan fingerprint density at radius 3 is 2.63 bits per heavy atom. The topological polar surface area (TPSA) is 67.9 Å². The molecule has 0 aromatic heterocycles. The lowest BCUT2D eigenvalue weighted by molar-refractivity contribution is -0.122. The van der Waals surface area contributed by atoms with E-state index >= 15 is 0 Å². The van der Waals surface area contributed by atoms with E-state index in [9.17, 15) is 9.59 Å². The summed E-state index contributed by atoms with van der Waals surface area (Å²) in [5, 5.41) is 2.59. The van der Waals surface area contributed by atoms with Crippen LogP contribution in [0.4, 0.5) is 4.79 Å². The summed E-state index contributed by atoms with van der Waals surface area (Å²) < 4.78 is 12.4. The van der Waals surface area contributed by atoms with Crippen molar-refractivity contribution < 1.29 is 19.1 Å². The van der Waals surface area contributed by atoms with Gasteiger partial charge in [-0.15, -0.1) is 6.58 Å². The molecule has 1 N–H and O–H groups in total. The molecular formula is C23H23BrN2O4. The summed E-state index contributed by atoms with van der Waals surface area (Å²) in [6, 6.07) is 11.2. The quantitative estimate of drug-likeness (QED) is 0.341. The normalized spacial score (nSPS) is 14.8. The minimum Gasteiger partial charge on any atom is -0.490 e. The molecule has 0 atom stereocenters. The number of carbonyl (C=O) groups is 2. The molecule has 6 nitrogen and oxygen atoms in total. The van der Waals surface area contributed by atoms with E-state index in [1.807, 2.05) is 32.0 Å². The highest BCUT2D eigenvalue weighted by atomic mass is 79.9. The van der Waals surface area contributed by atoms with Crippen LogP contribution in [-0.4, -0.2) is 30.0 Å². The predicted octanol–water partition coefficient (Wildman–Crippen LogP) is 4.81. The second kappa shape index (κ2) is 9.63. The first-order valence-corrected chi connectivity index (χ1v) is 10.3. The van der Waals surface area contributed by atoms with Gasteiger partial charge >= 0.3 is 6.03 Å². The first kappa shape index (κ1) is 21.6. The van der Waals surface area contributed by atoms with Crippen molar-refractivity contribution in [1.82, 2.24) is 10.2 Å². The lowest BCUT2D eigenvalue weighted by Gasteiger charge is -2.14. The molecule has 0 spiro atoms. The third-order valence-electron chi connectivity index (χ3n) is 4.41. The number of imide groups is 1. The van der Waals surface area contributed by atoms with E-state index in [0.29, 0.717) is 34.7 Å². The third kappa shape index (κ3) is 4.91. The summed E-state index contributed by atoms with van der Waals surface area (Å²) >= 11 is 3.52. The second-order valence-electron chi connectivity index (χ2n) is 6.72. The van der Waals surface area contributed by atoms with E-state index < -0.39 is 11.9 Å². The van der Waals surface area contributed by atoms with Crippen LogP contribution in [0.15, 0.2) is 59.2 Å². The van der Waals surface area contributed by atoms with Crippen LogP contribution < -0.4 is 14.8 Å². The number of benzene rings is 2. The van der Waals surface area contributed by atoms with Crippen LogP contribution in [0.1, 0.15) is 23.6 Å². The average molecular weight is 471 g/mol. The van der Waals surface area contributed by atoms with Gasteiger partial charge in [-0.1, -0.05) is 51.8 Å². The van der Waals surface area contributed by atoms with E-state index in [2.05, 4.69) is 33.9 Å². The Bertz CT molecular complexity index is 1020. The zero-order chi connectivity index (χ0) is 21.7. The number of nitrogens with one attached hydrogen (secondary N) is 1. The zero-order valence-electron chi connectivity index (χ0n) is 16.9. The van der Waals surface area contributed by atoms with Crippen LogP contribution in [0.3, 0.4) is 0 Å². The molecule has 0 unspecified atom stereocenters. The Labute approximate surface area is 184 Å². The van der Waals surface area contributed by atoms with Crippen molar-refractivity contribution in [3.05, 3.63) is 75.9 Å². The summed E-state index contributed by atoms with van der Waals surface area (Å²) in [6.07, 6.45) is 3.12. The van der Waals surface area contributed by atoms with Crippen LogP contribution in [0.5, 0.6) is 11.5 Å². The van der Waals surface area contributed by atoms with Gasteiger partial charge in [0.1, 0.15) is 12.3 Å². The first-order valence-electron chi connectivity index (χ1n) is 9.53. The van der Waals surface area contributed by atoms with Crippen molar-refractivity contribution in [2.45, 2.75) is 20.5 Å². The predicted molar refractivity (Wildman–Crippen MR) is 119 cm³/mol. The lowest BCUT2D eigenvalue weighted by atomic mass is 10.1. The minimum absolute atomic E-state index is 0.152. The Morgan fingerprint density at radius 2 is 1.93 bits per heavy atom. The molecule has 2 aromatic rings. The van der Waals surface area contributed by atoms with Crippen molar-refractivity contribution in [2.75, 3.05) is 13.2 Å². The number of carbonyl (C=O) groups excluding carboxylic acids is 2. The van der Waals surface area contributed by atoms with Gasteiger partial charge in [0.05, 0.1) is 6.61 Å². The van der Waals surface area contributed by atoms with Crippen molar-refractivity contribution in [2.24, 2.45) is 0 Å². The molecule has 1 heterocycles. The molecule has 1 saturated heterocycles. The standard InChI is InChI=1S/C23H23BrN2O4/c1-4-9-26-22(27)19(25-23(26)28)11-17-12-20(29-5-2)21(13-18(17)24)30-14-16-8-6-7-15(3)10-16/h4,6-8,10-13H,1,5,9,14H2,2-3H3,(H,25,28)/b19-11+. The summed E-state index contributed by atoms with van der Waals surface area (Å²) in [6.45, 7) is 8.51. The van der Waals surface area contributed by atoms with Crippen LogP contribution in [-0.2, 0) is 11.4 Å². The van der Waals surface area contributed by atoms with Crippen molar-refractivity contribution in [3.8, 4) is 11.5 Å². The number of urea groups is 1. The number of halogens is 1. The monoisotopic (exact) mass is 470 g/mol. The fraction of sp³-hybridized carbons (Fsp3) is 0.217. The molecule has 1 aliphatic rings.